The van der Waals surface area contributed by atoms with Crippen LogP contribution in [0.25, 0.3) is 0 Å². The van der Waals surface area contributed by atoms with Gasteiger partial charge in [-0.1, -0.05) is 117 Å². The van der Waals surface area contributed by atoms with Gasteiger partial charge in [-0.15, -0.1) is 0 Å². The Labute approximate surface area is 164 Å². The first-order valence-corrected chi connectivity index (χ1v) is 11.8. The maximum Gasteiger partial charge on any atom is 0.106 e. The molecule has 3 N–H and O–H groups in total. The fourth-order valence-corrected chi connectivity index (χ4v) is 3.49. The summed E-state index contributed by atoms with van der Waals surface area (Å²) in [5, 5.41) is 21.9. The van der Waals surface area contributed by atoms with Crippen LogP contribution in [0.15, 0.2) is 0 Å². The van der Waals surface area contributed by atoms with E-state index in [4.69, 9.17) is 0 Å². The molecule has 0 radical (unpaired) electrons. The summed E-state index contributed by atoms with van der Waals surface area (Å²) in [5.41, 5.74) is 0. The van der Waals surface area contributed by atoms with Crippen LogP contribution < -0.4 is 5.32 Å². The summed E-state index contributed by atoms with van der Waals surface area (Å²) in [7, 11) is 0. The quantitative estimate of drug-likeness (QED) is 0.156. The molecule has 0 aromatic carbocycles. The zero-order chi connectivity index (χ0) is 19.3. The van der Waals surface area contributed by atoms with E-state index < -0.39 is 12.5 Å². The zero-order valence-electron chi connectivity index (χ0n) is 18.0. The molecule has 0 aliphatic rings. The standard InChI is InChI=1S/C23H49NO2/c1-3-5-6-7-8-9-10-11-12-13-14-15-16-17-18-19-20-21-23(26)24-22(25)4-2/h22-26H,3-21H2,1-2H3. The van der Waals surface area contributed by atoms with E-state index in [1.54, 1.807) is 0 Å². The molecular formula is C23H49NO2. The highest BCUT2D eigenvalue weighted by Gasteiger charge is 2.07. The van der Waals surface area contributed by atoms with Gasteiger partial charge in [0, 0.05) is 0 Å². The van der Waals surface area contributed by atoms with Gasteiger partial charge in [0.25, 0.3) is 0 Å². The molecule has 0 saturated carbocycles. The Morgan fingerprint density at radius 3 is 1.19 bits per heavy atom. The molecule has 0 aliphatic heterocycles. The van der Waals surface area contributed by atoms with E-state index in [9.17, 15) is 10.2 Å². The number of nitrogens with one attached hydrogen (secondary N) is 1. The first kappa shape index (κ1) is 25.9. The SMILES string of the molecule is CCCCCCCCCCCCCCCCCCCC(O)NC(O)CC. The summed E-state index contributed by atoms with van der Waals surface area (Å²) >= 11 is 0. The van der Waals surface area contributed by atoms with E-state index in [0.717, 1.165) is 12.8 Å². The van der Waals surface area contributed by atoms with Crippen LogP contribution in [-0.4, -0.2) is 22.7 Å². The molecule has 0 aromatic rings. The molecule has 3 nitrogen and oxygen atoms in total. The molecule has 2 atom stereocenters. The highest BCUT2D eigenvalue weighted by atomic mass is 16.3. The summed E-state index contributed by atoms with van der Waals surface area (Å²) < 4.78 is 0. The molecule has 0 saturated heterocycles. The second kappa shape index (κ2) is 21.2. The summed E-state index contributed by atoms with van der Waals surface area (Å²) in [6.45, 7) is 4.19. The fraction of sp³-hybridized carbons (Fsp3) is 1.00. The van der Waals surface area contributed by atoms with Crippen LogP contribution in [0.2, 0.25) is 0 Å². The molecule has 0 heterocycles. The lowest BCUT2D eigenvalue weighted by Crippen LogP contribution is -2.37. The van der Waals surface area contributed by atoms with E-state index in [2.05, 4.69) is 12.2 Å². The number of hydrogen-bond acceptors (Lipinski definition) is 3. The van der Waals surface area contributed by atoms with E-state index in [-0.39, 0.29) is 0 Å². The van der Waals surface area contributed by atoms with Crippen molar-refractivity contribution in [1.29, 1.82) is 0 Å². The minimum absolute atomic E-state index is 0.554. The second-order valence-electron chi connectivity index (χ2n) is 8.05. The van der Waals surface area contributed by atoms with Crippen molar-refractivity contribution in [3.63, 3.8) is 0 Å². The van der Waals surface area contributed by atoms with Crippen molar-refractivity contribution in [2.45, 2.75) is 148 Å². The van der Waals surface area contributed by atoms with Gasteiger partial charge in [0.05, 0.1) is 0 Å². The Morgan fingerprint density at radius 1 is 0.500 bits per heavy atom. The molecule has 26 heavy (non-hydrogen) atoms. The minimum Gasteiger partial charge on any atom is -0.379 e. The molecule has 0 aromatic heterocycles. The Kier molecular flexibility index (Phi) is 21.1. The summed E-state index contributed by atoms with van der Waals surface area (Å²) in [5.74, 6) is 0. The lowest BCUT2D eigenvalue weighted by molar-refractivity contribution is 0.0348. The molecule has 0 fully saturated rings. The smallest absolute Gasteiger partial charge is 0.106 e. The third-order valence-corrected chi connectivity index (χ3v) is 5.35. The maximum absolute atomic E-state index is 9.71. The predicted molar refractivity (Wildman–Crippen MR) is 114 cm³/mol. The molecule has 0 aliphatic carbocycles. The third-order valence-electron chi connectivity index (χ3n) is 5.35. The van der Waals surface area contributed by atoms with Crippen LogP contribution in [0.5, 0.6) is 0 Å². The first-order chi connectivity index (χ1) is 12.7. The van der Waals surface area contributed by atoms with Crippen molar-refractivity contribution < 1.29 is 10.2 Å². The van der Waals surface area contributed by atoms with Crippen molar-refractivity contribution in [3.05, 3.63) is 0 Å². The molecule has 158 valence electrons. The van der Waals surface area contributed by atoms with Crippen molar-refractivity contribution in [2.24, 2.45) is 0 Å². The van der Waals surface area contributed by atoms with Gasteiger partial charge in [-0.25, -0.2) is 0 Å². The van der Waals surface area contributed by atoms with Gasteiger partial charge >= 0.3 is 0 Å². The Morgan fingerprint density at radius 2 is 0.846 bits per heavy atom. The summed E-state index contributed by atoms with van der Waals surface area (Å²) in [6, 6.07) is 0. The Hall–Kier alpha value is -0.120. The number of aliphatic hydroxyl groups excluding tert-OH is 2. The van der Waals surface area contributed by atoms with Crippen LogP contribution >= 0.6 is 0 Å². The van der Waals surface area contributed by atoms with E-state index in [0.29, 0.717) is 6.42 Å². The van der Waals surface area contributed by atoms with Crippen LogP contribution in [0, 0.1) is 0 Å². The molecule has 0 bridgehead atoms. The van der Waals surface area contributed by atoms with E-state index >= 15 is 0 Å². The molecule has 2 unspecified atom stereocenters. The topological polar surface area (TPSA) is 52.5 Å². The number of rotatable bonds is 21. The van der Waals surface area contributed by atoms with Crippen molar-refractivity contribution in [3.8, 4) is 0 Å². The van der Waals surface area contributed by atoms with Crippen LogP contribution in [0.3, 0.4) is 0 Å². The molecule has 0 rings (SSSR count). The van der Waals surface area contributed by atoms with Crippen molar-refractivity contribution in [1.82, 2.24) is 5.32 Å². The number of hydrogen-bond donors (Lipinski definition) is 3. The largest absolute Gasteiger partial charge is 0.379 e. The van der Waals surface area contributed by atoms with Gasteiger partial charge in [-0.05, 0) is 19.3 Å². The minimum atomic E-state index is -0.573. The van der Waals surface area contributed by atoms with Gasteiger partial charge in [-0.3, -0.25) is 5.32 Å². The Balaban J connectivity index is 3.09. The van der Waals surface area contributed by atoms with Gasteiger partial charge in [0.15, 0.2) is 0 Å². The van der Waals surface area contributed by atoms with Gasteiger partial charge in [-0.2, -0.15) is 0 Å². The number of unbranched alkanes of at least 4 members (excludes halogenated alkanes) is 16. The maximum atomic E-state index is 9.71. The normalized spacial score (nSPS) is 13.8. The van der Waals surface area contributed by atoms with Crippen molar-refractivity contribution in [2.75, 3.05) is 0 Å². The first-order valence-electron chi connectivity index (χ1n) is 11.8. The highest BCUT2D eigenvalue weighted by molar-refractivity contribution is 4.57. The third kappa shape index (κ3) is 20.2. The molecule has 0 amide bonds. The highest BCUT2D eigenvalue weighted by Crippen LogP contribution is 2.14. The van der Waals surface area contributed by atoms with Crippen molar-refractivity contribution >= 4 is 0 Å². The molecular weight excluding hydrogens is 322 g/mol. The van der Waals surface area contributed by atoms with Gasteiger partial charge in [0.2, 0.25) is 0 Å². The predicted octanol–water partition coefficient (Wildman–Crippen LogP) is 6.66. The Bertz CT molecular complexity index is 261. The van der Waals surface area contributed by atoms with Crippen LogP contribution in [-0.2, 0) is 0 Å². The van der Waals surface area contributed by atoms with Crippen LogP contribution in [0.1, 0.15) is 136 Å². The molecule has 3 heteroatoms. The lowest BCUT2D eigenvalue weighted by atomic mass is 10.0. The zero-order valence-corrected chi connectivity index (χ0v) is 18.0. The summed E-state index contributed by atoms with van der Waals surface area (Å²) in [4.78, 5) is 0. The lowest BCUT2D eigenvalue weighted by Gasteiger charge is -2.16. The van der Waals surface area contributed by atoms with Gasteiger partial charge in [0.1, 0.15) is 12.5 Å². The average molecular weight is 372 g/mol. The molecule has 0 spiro atoms. The monoisotopic (exact) mass is 371 g/mol. The number of aliphatic hydroxyl groups is 2. The average Bonchev–Trinajstić information content (AvgIpc) is 2.64. The second-order valence-corrected chi connectivity index (χ2v) is 8.05. The summed E-state index contributed by atoms with van der Waals surface area (Å²) in [6.07, 6.45) is 23.6. The van der Waals surface area contributed by atoms with E-state index in [1.807, 2.05) is 6.92 Å². The van der Waals surface area contributed by atoms with E-state index in [1.165, 1.54) is 103 Å². The van der Waals surface area contributed by atoms with Gasteiger partial charge < -0.3 is 10.2 Å². The van der Waals surface area contributed by atoms with Crippen LogP contribution in [0.4, 0.5) is 0 Å². The fourth-order valence-electron chi connectivity index (χ4n) is 3.49.